The van der Waals surface area contributed by atoms with E-state index in [0.717, 1.165) is 24.2 Å². The van der Waals surface area contributed by atoms with Gasteiger partial charge < -0.3 is 5.32 Å². The Hall–Kier alpha value is -1.84. The van der Waals surface area contributed by atoms with Crippen molar-refractivity contribution in [1.29, 1.82) is 0 Å². The molecule has 1 aliphatic carbocycles. The summed E-state index contributed by atoms with van der Waals surface area (Å²) in [5, 5.41) is 2.82. The van der Waals surface area contributed by atoms with E-state index in [9.17, 15) is 9.59 Å². The number of nitrogens with one attached hydrogen (secondary N) is 1. The van der Waals surface area contributed by atoms with E-state index in [4.69, 9.17) is 0 Å². The van der Waals surface area contributed by atoms with E-state index in [1.807, 2.05) is 24.3 Å². The van der Waals surface area contributed by atoms with Crippen molar-refractivity contribution in [2.45, 2.75) is 25.8 Å². The molecule has 0 radical (unpaired) electrons. The molecule has 2 aliphatic rings. The van der Waals surface area contributed by atoms with Crippen LogP contribution in [0.15, 0.2) is 24.3 Å². The number of anilines is 2. The number of amides is 2. The quantitative estimate of drug-likeness (QED) is 0.799. The first kappa shape index (κ1) is 10.3. The van der Waals surface area contributed by atoms with Gasteiger partial charge in [0.15, 0.2) is 0 Å². The molecule has 1 fully saturated rings. The Kier molecular flexibility index (Phi) is 2.18. The van der Waals surface area contributed by atoms with Gasteiger partial charge in [-0.3, -0.25) is 14.5 Å². The zero-order valence-corrected chi connectivity index (χ0v) is 9.64. The van der Waals surface area contributed by atoms with Crippen molar-refractivity contribution in [3.63, 3.8) is 0 Å². The molecule has 0 bridgehead atoms. The molecule has 1 atom stereocenters. The van der Waals surface area contributed by atoms with Crippen molar-refractivity contribution in [3.8, 4) is 0 Å². The smallest absolute Gasteiger partial charge is 0.247 e. The molecular formula is C13H14N2O2. The molecule has 0 saturated heterocycles. The van der Waals surface area contributed by atoms with Crippen molar-refractivity contribution >= 4 is 23.2 Å². The van der Waals surface area contributed by atoms with E-state index in [2.05, 4.69) is 5.32 Å². The van der Waals surface area contributed by atoms with Crippen LogP contribution in [0, 0.1) is 5.92 Å². The zero-order chi connectivity index (χ0) is 12.0. The molecule has 1 saturated carbocycles. The van der Waals surface area contributed by atoms with Gasteiger partial charge in [-0.15, -0.1) is 0 Å². The number of benzene rings is 1. The van der Waals surface area contributed by atoms with E-state index in [1.54, 1.807) is 11.8 Å². The Morgan fingerprint density at radius 1 is 1.35 bits per heavy atom. The van der Waals surface area contributed by atoms with Crippen LogP contribution in [0.5, 0.6) is 0 Å². The Labute approximate surface area is 99.6 Å². The summed E-state index contributed by atoms with van der Waals surface area (Å²) in [7, 11) is 0. The molecule has 1 heterocycles. The van der Waals surface area contributed by atoms with Gasteiger partial charge in [0.1, 0.15) is 6.04 Å². The second-order valence-corrected chi connectivity index (χ2v) is 4.66. The first-order valence-corrected chi connectivity index (χ1v) is 5.91. The summed E-state index contributed by atoms with van der Waals surface area (Å²) in [4.78, 5) is 25.7. The lowest BCUT2D eigenvalue weighted by molar-refractivity contribution is -0.124. The van der Waals surface area contributed by atoms with Crippen LogP contribution < -0.4 is 10.2 Å². The summed E-state index contributed by atoms with van der Waals surface area (Å²) in [5.41, 5.74) is 1.54. The monoisotopic (exact) mass is 230 g/mol. The molecule has 1 aromatic rings. The summed E-state index contributed by atoms with van der Waals surface area (Å²) in [6.07, 6.45) is 1.90. The fraction of sp³-hybridized carbons (Fsp3) is 0.385. The predicted molar refractivity (Wildman–Crippen MR) is 64.7 cm³/mol. The number of hydrogen-bond donors (Lipinski definition) is 1. The number of carbonyl (C=O) groups is 2. The predicted octanol–water partition coefficient (Wildman–Crippen LogP) is 1.77. The average molecular weight is 230 g/mol. The highest BCUT2D eigenvalue weighted by atomic mass is 16.2. The zero-order valence-electron chi connectivity index (χ0n) is 9.64. The Balaban J connectivity index is 2.05. The lowest BCUT2D eigenvalue weighted by Crippen LogP contribution is -2.49. The molecule has 1 aliphatic heterocycles. The lowest BCUT2D eigenvalue weighted by atomic mass is 10.1. The summed E-state index contributed by atoms with van der Waals surface area (Å²) in [6.45, 7) is 1.77. The lowest BCUT2D eigenvalue weighted by Gasteiger charge is -2.34. The fourth-order valence-electron chi connectivity index (χ4n) is 2.19. The van der Waals surface area contributed by atoms with Gasteiger partial charge in [-0.1, -0.05) is 12.1 Å². The van der Waals surface area contributed by atoms with Crippen LogP contribution in [0.2, 0.25) is 0 Å². The maximum Gasteiger partial charge on any atom is 0.247 e. The second kappa shape index (κ2) is 3.58. The third-order valence-electron chi connectivity index (χ3n) is 3.35. The van der Waals surface area contributed by atoms with Gasteiger partial charge in [-0.05, 0) is 31.9 Å². The summed E-state index contributed by atoms with van der Waals surface area (Å²) >= 11 is 0. The average Bonchev–Trinajstić information content (AvgIpc) is 3.14. The summed E-state index contributed by atoms with van der Waals surface area (Å²) in [5.74, 6) is 0.0916. The van der Waals surface area contributed by atoms with Crippen LogP contribution in [0.25, 0.3) is 0 Å². The van der Waals surface area contributed by atoms with Gasteiger partial charge in [0, 0.05) is 5.92 Å². The highest BCUT2D eigenvalue weighted by molar-refractivity contribution is 6.12. The number of hydrogen-bond acceptors (Lipinski definition) is 2. The summed E-state index contributed by atoms with van der Waals surface area (Å²) < 4.78 is 0. The van der Waals surface area contributed by atoms with Gasteiger partial charge in [-0.2, -0.15) is 0 Å². The van der Waals surface area contributed by atoms with E-state index in [1.165, 1.54) is 0 Å². The minimum Gasteiger partial charge on any atom is -0.322 e. The third-order valence-corrected chi connectivity index (χ3v) is 3.35. The van der Waals surface area contributed by atoms with Crippen LogP contribution in [0.3, 0.4) is 0 Å². The first-order chi connectivity index (χ1) is 8.18. The normalized spacial score (nSPS) is 23.0. The maximum atomic E-state index is 12.2. The number of rotatable bonds is 1. The van der Waals surface area contributed by atoms with Crippen LogP contribution in [-0.4, -0.2) is 17.9 Å². The van der Waals surface area contributed by atoms with E-state index >= 15 is 0 Å². The highest BCUT2D eigenvalue weighted by Gasteiger charge is 2.40. The number of fused-ring (bicyclic) bond motifs is 1. The topological polar surface area (TPSA) is 49.4 Å². The van der Waals surface area contributed by atoms with Crippen molar-refractivity contribution in [1.82, 2.24) is 0 Å². The van der Waals surface area contributed by atoms with Gasteiger partial charge in [0.05, 0.1) is 11.4 Å². The van der Waals surface area contributed by atoms with Crippen LogP contribution in [0.4, 0.5) is 11.4 Å². The standard InChI is InChI=1S/C13H14N2O2/c1-8-12(16)14-10-4-2-3-5-11(10)15(8)13(17)9-6-7-9/h2-5,8-9H,6-7H2,1H3,(H,14,16)/t8-/m1/s1. The first-order valence-electron chi connectivity index (χ1n) is 5.91. The largest absolute Gasteiger partial charge is 0.322 e. The number of carbonyl (C=O) groups excluding carboxylic acids is 2. The number of nitrogens with zero attached hydrogens (tertiary/aromatic N) is 1. The summed E-state index contributed by atoms with van der Waals surface area (Å²) in [6, 6.07) is 7.03. The molecule has 2 amide bonds. The molecule has 4 heteroatoms. The second-order valence-electron chi connectivity index (χ2n) is 4.66. The van der Waals surface area contributed by atoms with Gasteiger partial charge in [0.2, 0.25) is 11.8 Å². The minimum atomic E-state index is -0.419. The third kappa shape index (κ3) is 1.60. The van der Waals surface area contributed by atoms with E-state index in [-0.39, 0.29) is 17.7 Å². The molecule has 0 aromatic heterocycles. The molecule has 1 aromatic carbocycles. The Morgan fingerprint density at radius 3 is 2.76 bits per heavy atom. The van der Waals surface area contributed by atoms with Crippen LogP contribution in [-0.2, 0) is 9.59 Å². The van der Waals surface area contributed by atoms with Crippen molar-refractivity contribution in [2.75, 3.05) is 10.2 Å². The van der Waals surface area contributed by atoms with E-state index in [0.29, 0.717) is 0 Å². The van der Waals surface area contributed by atoms with E-state index < -0.39 is 6.04 Å². The van der Waals surface area contributed by atoms with Crippen molar-refractivity contribution < 1.29 is 9.59 Å². The molecular weight excluding hydrogens is 216 g/mol. The van der Waals surface area contributed by atoms with Crippen LogP contribution >= 0.6 is 0 Å². The highest BCUT2D eigenvalue weighted by Crippen LogP contribution is 2.38. The van der Waals surface area contributed by atoms with Gasteiger partial charge in [0.25, 0.3) is 0 Å². The SMILES string of the molecule is C[C@@H]1C(=O)Nc2ccccc2N1C(=O)C1CC1. The number of para-hydroxylation sites is 2. The molecule has 0 spiro atoms. The Bertz CT molecular complexity index is 494. The van der Waals surface area contributed by atoms with Crippen LogP contribution in [0.1, 0.15) is 19.8 Å². The minimum absolute atomic E-state index is 0.0831. The van der Waals surface area contributed by atoms with Gasteiger partial charge >= 0.3 is 0 Å². The molecule has 17 heavy (non-hydrogen) atoms. The maximum absolute atomic E-state index is 12.2. The van der Waals surface area contributed by atoms with Crippen molar-refractivity contribution in [3.05, 3.63) is 24.3 Å². The Morgan fingerprint density at radius 2 is 2.06 bits per heavy atom. The molecule has 1 N–H and O–H groups in total. The fourth-order valence-corrected chi connectivity index (χ4v) is 2.19. The van der Waals surface area contributed by atoms with Crippen molar-refractivity contribution in [2.24, 2.45) is 5.92 Å². The van der Waals surface area contributed by atoms with Gasteiger partial charge in [-0.25, -0.2) is 0 Å². The molecule has 88 valence electrons. The molecule has 4 nitrogen and oxygen atoms in total. The molecule has 3 rings (SSSR count). The molecule has 0 unspecified atom stereocenters.